The van der Waals surface area contributed by atoms with Gasteiger partial charge in [-0.1, -0.05) is 59.9 Å². The van der Waals surface area contributed by atoms with E-state index in [4.69, 9.17) is 0 Å². The molecular formula is C24H20FN3OS. The first-order valence-electron chi connectivity index (χ1n) is 10.1. The van der Waals surface area contributed by atoms with Gasteiger partial charge in [-0.05, 0) is 41.8 Å². The highest BCUT2D eigenvalue weighted by atomic mass is 32.1. The third-order valence-electron chi connectivity index (χ3n) is 5.62. The summed E-state index contributed by atoms with van der Waals surface area (Å²) in [5.74, 6) is -0.123. The minimum Gasteiger partial charge on any atom is -0.338 e. The highest BCUT2D eigenvalue weighted by molar-refractivity contribution is 7.14. The summed E-state index contributed by atoms with van der Waals surface area (Å²) in [5, 5.41) is 12.0. The summed E-state index contributed by atoms with van der Waals surface area (Å²) >= 11 is 1.42. The lowest BCUT2D eigenvalue weighted by atomic mass is 9.97. The lowest BCUT2D eigenvalue weighted by Gasteiger charge is -2.32. The molecule has 1 amide bonds. The number of carbonyl (C=O) groups excluding carboxylic acids is 1. The van der Waals surface area contributed by atoms with E-state index in [1.807, 2.05) is 47.4 Å². The molecule has 1 aliphatic heterocycles. The zero-order chi connectivity index (χ0) is 20.5. The average molecular weight is 418 g/mol. The number of likely N-dealkylation sites (tertiary alicyclic amines) is 1. The molecule has 0 bridgehead atoms. The number of aromatic nitrogens is 2. The van der Waals surface area contributed by atoms with Gasteiger partial charge in [-0.15, -0.1) is 10.2 Å². The van der Waals surface area contributed by atoms with Crippen LogP contribution in [0.5, 0.6) is 0 Å². The van der Waals surface area contributed by atoms with E-state index in [2.05, 4.69) is 10.2 Å². The maximum atomic E-state index is 14.1. The minimum absolute atomic E-state index is 0.0512. The van der Waals surface area contributed by atoms with Gasteiger partial charge in [0.25, 0.3) is 5.91 Å². The topological polar surface area (TPSA) is 46.1 Å². The fraction of sp³-hybridized carbons (Fsp3) is 0.208. The van der Waals surface area contributed by atoms with Crippen molar-refractivity contribution in [2.75, 3.05) is 13.1 Å². The number of piperidine rings is 1. The molecule has 0 saturated carbocycles. The summed E-state index contributed by atoms with van der Waals surface area (Å²) in [6.07, 6.45) is 1.86. The number of benzene rings is 3. The van der Waals surface area contributed by atoms with Gasteiger partial charge in [-0.2, -0.15) is 0 Å². The molecule has 1 fully saturated rings. The summed E-state index contributed by atoms with van der Waals surface area (Å²) in [6, 6.07) is 20.4. The quantitative estimate of drug-likeness (QED) is 0.441. The third-order valence-corrected chi connectivity index (χ3v) is 6.74. The SMILES string of the molecule is O=C(c1cccc2ccccc12)N1CCCC(c2nnc(-c3ccccc3F)s2)C1. The molecule has 1 aliphatic rings. The standard InChI is InChI=1S/C24H20FN3OS/c25-21-13-4-3-11-20(21)23-27-26-22(30-23)17-9-6-14-28(15-17)24(29)19-12-5-8-16-7-1-2-10-18(16)19/h1-5,7-8,10-13,17H,6,9,14-15H2. The highest BCUT2D eigenvalue weighted by Gasteiger charge is 2.28. The van der Waals surface area contributed by atoms with E-state index < -0.39 is 0 Å². The van der Waals surface area contributed by atoms with Crippen LogP contribution in [0.3, 0.4) is 0 Å². The van der Waals surface area contributed by atoms with E-state index in [0.717, 1.165) is 40.7 Å². The molecule has 1 saturated heterocycles. The van der Waals surface area contributed by atoms with Gasteiger partial charge in [0.1, 0.15) is 10.8 Å². The molecule has 6 heteroatoms. The van der Waals surface area contributed by atoms with Gasteiger partial charge in [-0.3, -0.25) is 4.79 Å². The zero-order valence-electron chi connectivity index (χ0n) is 16.3. The van der Waals surface area contributed by atoms with Crippen molar-refractivity contribution in [2.45, 2.75) is 18.8 Å². The molecule has 150 valence electrons. The minimum atomic E-state index is -0.295. The average Bonchev–Trinajstić information content (AvgIpc) is 3.29. The van der Waals surface area contributed by atoms with Crippen molar-refractivity contribution >= 4 is 28.0 Å². The normalized spacial score (nSPS) is 16.7. The second-order valence-electron chi connectivity index (χ2n) is 7.54. The van der Waals surface area contributed by atoms with Gasteiger partial charge in [0.15, 0.2) is 5.01 Å². The van der Waals surface area contributed by atoms with Crippen LogP contribution in [0.25, 0.3) is 21.3 Å². The van der Waals surface area contributed by atoms with Crippen molar-refractivity contribution in [1.29, 1.82) is 0 Å². The van der Waals surface area contributed by atoms with Crippen molar-refractivity contribution < 1.29 is 9.18 Å². The van der Waals surface area contributed by atoms with Gasteiger partial charge in [0.2, 0.25) is 0 Å². The predicted octanol–water partition coefficient (Wildman–Crippen LogP) is 5.52. The molecule has 0 radical (unpaired) electrons. The smallest absolute Gasteiger partial charge is 0.254 e. The van der Waals surface area contributed by atoms with Gasteiger partial charge in [0, 0.05) is 30.1 Å². The molecule has 4 aromatic rings. The van der Waals surface area contributed by atoms with Gasteiger partial charge in [-0.25, -0.2) is 4.39 Å². The lowest BCUT2D eigenvalue weighted by Crippen LogP contribution is -2.39. The molecule has 0 spiro atoms. The molecule has 4 nitrogen and oxygen atoms in total. The zero-order valence-corrected chi connectivity index (χ0v) is 17.1. The van der Waals surface area contributed by atoms with Crippen molar-refractivity contribution in [1.82, 2.24) is 15.1 Å². The first-order valence-corrected chi connectivity index (χ1v) is 10.9. The maximum absolute atomic E-state index is 14.1. The van der Waals surface area contributed by atoms with Crippen LogP contribution in [0.4, 0.5) is 4.39 Å². The van der Waals surface area contributed by atoms with E-state index in [-0.39, 0.29) is 17.6 Å². The Kier molecular flexibility index (Phi) is 5.01. The number of hydrogen-bond acceptors (Lipinski definition) is 4. The monoisotopic (exact) mass is 417 g/mol. The second-order valence-corrected chi connectivity index (χ2v) is 8.55. The molecule has 1 aromatic heterocycles. The van der Waals surface area contributed by atoms with Crippen LogP contribution in [-0.4, -0.2) is 34.1 Å². The molecule has 1 unspecified atom stereocenters. The molecule has 30 heavy (non-hydrogen) atoms. The third kappa shape index (κ3) is 3.48. The summed E-state index contributed by atoms with van der Waals surface area (Å²) < 4.78 is 14.1. The molecule has 5 rings (SSSR count). The van der Waals surface area contributed by atoms with Gasteiger partial charge in [0.05, 0.1) is 0 Å². The van der Waals surface area contributed by atoms with E-state index in [0.29, 0.717) is 17.1 Å². The summed E-state index contributed by atoms with van der Waals surface area (Å²) in [4.78, 5) is 15.2. The van der Waals surface area contributed by atoms with Crippen molar-refractivity contribution in [3.8, 4) is 10.6 Å². The Bertz CT molecular complexity index is 1220. The number of hydrogen-bond donors (Lipinski definition) is 0. The molecule has 1 atom stereocenters. The largest absolute Gasteiger partial charge is 0.338 e. The molecular weight excluding hydrogens is 397 g/mol. The van der Waals surface area contributed by atoms with E-state index in [9.17, 15) is 9.18 Å². The van der Waals surface area contributed by atoms with Crippen LogP contribution in [0.2, 0.25) is 0 Å². The fourth-order valence-electron chi connectivity index (χ4n) is 4.09. The highest BCUT2D eigenvalue weighted by Crippen LogP contribution is 2.34. The van der Waals surface area contributed by atoms with Crippen LogP contribution in [0.1, 0.15) is 34.1 Å². The van der Waals surface area contributed by atoms with Gasteiger partial charge >= 0.3 is 0 Å². The molecule has 2 heterocycles. The first kappa shape index (κ1) is 18.9. The van der Waals surface area contributed by atoms with Gasteiger partial charge < -0.3 is 4.90 Å². The van der Waals surface area contributed by atoms with Crippen molar-refractivity contribution in [3.05, 3.63) is 83.1 Å². The van der Waals surface area contributed by atoms with E-state index in [1.165, 1.54) is 17.4 Å². The maximum Gasteiger partial charge on any atom is 0.254 e. The Labute approximate surface area is 178 Å². The molecule has 3 aromatic carbocycles. The number of rotatable bonds is 3. The number of fused-ring (bicyclic) bond motifs is 1. The van der Waals surface area contributed by atoms with Crippen LogP contribution in [0, 0.1) is 5.82 Å². The lowest BCUT2D eigenvalue weighted by molar-refractivity contribution is 0.0709. The number of halogens is 1. The Balaban J connectivity index is 1.39. The number of nitrogens with zero attached hydrogens (tertiary/aromatic N) is 3. The number of carbonyl (C=O) groups is 1. The predicted molar refractivity (Wildman–Crippen MR) is 117 cm³/mol. The van der Waals surface area contributed by atoms with E-state index in [1.54, 1.807) is 18.2 Å². The Hall–Kier alpha value is -3.12. The van der Waals surface area contributed by atoms with Crippen molar-refractivity contribution in [2.24, 2.45) is 0 Å². The molecule has 0 aliphatic carbocycles. The Morgan fingerprint density at radius 3 is 2.70 bits per heavy atom. The summed E-state index contributed by atoms with van der Waals surface area (Å²) in [7, 11) is 0. The Morgan fingerprint density at radius 2 is 1.80 bits per heavy atom. The van der Waals surface area contributed by atoms with Crippen LogP contribution in [0.15, 0.2) is 66.7 Å². The van der Waals surface area contributed by atoms with E-state index >= 15 is 0 Å². The molecule has 0 N–H and O–H groups in total. The van der Waals surface area contributed by atoms with Crippen molar-refractivity contribution in [3.63, 3.8) is 0 Å². The second kappa shape index (κ2) is 7.95. The summed E-state index contributed by atoms with van der Waals surface area (Å²) in [6.45, 7) is 1.34. The fourth-order valence-corrected chi connectivity index (χ4v) is 5.08. The first-order chi connectivity index (χ1) is 14.7. The van der Waals surface area contributed by atoms with Crippen LogP contribution < -0.4 is 0 Å². The van der Waals surface area contributed by atoms with Crippen LogP contribution >= 0.6 is 11.3 Å². The number of amides is 1. The van der Waals surface area contributed by atoms with Crippen LogP contribution in [-0.2, 0) is 0 Å². The Morgan fingerprint density at radius 1 is 1.00 bits per heavy atom. The summed E-state index contributed by atoms with van der Waals surface area (Å²) in [5.41, 5.74) is 1.21.